The summed E-state index contributed by atoms with van der Waals surface area (Å²) < 4.78 is 28.2. The van der Waals surface area contributed by atoms with E-state index in [-0.39, 0.29) is 25.3 Å². The molecule has 1 aliphatic carbocycles. The molecule has 0 spiro atoms. The monoisotopic (exact) mass is 356 g/mol. The summed E-state index contributed by atoms with van der Waals surface area (Å²) in [6.45, 7) is -0.163. The number of carbonyl (C=O) groups excluding carboxylic acids is 1. The van der Waals surface area contributed by atoms with Gasteiger partial charge in [-0.1, -0.05) is 34.1 Å². The Bertz CT molecular complexity index is 571. The van der Waals surface area contributed by atoms with Crippen LogP contribution in [-0.2, 0) is 4.79 Å². The molecule has 1 aromatic rings. The molecular formula is C15H15BrF2N2O. The summed E-state index contributed by atoms with van der Waals surface area (Å²) in [5, 5.41) is 10.9. The summed E-state index contributed by atoms with van der Waals surface area (Å²) in [4.78, 5) is 12.1. The highest BCUT2D eigenvalue weighted by molar-refractivity contribution is 9.10. The molecule has 1 aliphatic rings. The Kier molecular flexibility index (Phi) is 4.94. The van der Waals surface area contributed by atoms with Gasteiger partial charge in [-0.25, -0.2) is 8.78 Å². The number of benzene rings is 1. The van der Waals surface area contributed by atoms with Crippen molar-refractivity contribution in [2.75, 3.05) is 6.54 Å². The van der Waals surface area contributed by atoms with Crippen LogP contribution in [0.3, 0.4) is 0 Å². The first-order chi connectivity index (χ1) is 9.94. The van der Waals surface area contributed by atoms with Crippen LogP contribution in [0, 0.1) is 17.2 Å². The molecule has 2 atom stereocenters. The second-order valence-electron chi connectivity index (χ2n) is 5.21. The number of nitriles is 1. The largest absolute Gasteiger partial charge is 0.343 e. The number of carbonyl (C=O) groups is 1. The molecule has 0 heterocycles. The van der Waals surface area contributed by atoms with Crippen LogP contribution >= 0.6 is 15.9 Å². The van der Waals surface area contributed by atoms with Crippen LogP contribution in [0.1, 0.15) is 30.7 Å². The zero-order valence-electron chi connectivity index (χ0n) is 11.3. The topological polar surface area (TPSA) is 52.9 Å². The Morgan fingerprint density at radius 3 is 2.86 bits per heavy atom. The number of hydrogen-bond acceptors (Lipinski definition) is 2. The molecular weight excluding hydrogens is 342 g/mol. The lowest BCUT2D eigenvalue weighted by Gasteiger charge is -2.35. The molecule has 2 unspecified atom stereocenters. The predicted molar refractivity (Wildman–Crippen MR) is 77.8 cm³/mol. The number of alkyl halides is 2. The summed E-state index contributed by atoms with van der Waals surface area (Å²) in [5.74, 6) is -4.39. The first-order valence-corrected chi connectivity index (χ1v) is 7.51. The Morgan fingerprint density at radius 2 is 2.19 bits per heavy atom. The summed E-state index contributed by atoms with van der Waals surface area (Å²) in [6, 6.07) is 9.16. The van der Waals surface area contributed by atoms with Crippen molar-refractivity contribution >= 4 is 21.8 Å². The van der Waals surface area contributed by atoms with Gasteiger partial charge in [0, 0.05) is 17.3 Å². The van der Waals surface area contributed by atoms with Crippen molar-refractivity contribution in [3.63, 3.8) is 0 Å². The van der Waals surface area contributed by atoms with E-state index in [1.54, 1.807) is 6.07 Å². The van der Waals surface area contributed by atoms with Crippen LogP contribution < -0.4 is 5.32 Å². The molecule has 1 fully saturated rings. The second-order valence-corrected chi connectivity index (χ2v) is 6.06. The third kappa shape index (κ3) is 3.79. The Balaban J connectivity index is 2.27. The minimum Gasteiger partial charge on any atom is -0.343 e. The van der Waals surface area contributed by atoms with Crippen molar-refractivity contribution in [2.24, 2.45) is 5.92 Å². The van der Waals surface area contributed by atoms with Gasteiger partial charge in [0.1, 0.15) is 6.54 Å². The normalized spacial score (nSPS) is 24.1. The van der Waals surface area contributed by atoms with E-state index < -0.39 is 24.2 Å². The lowest BCUT2D eigenvalue weighted by molar-refractivity contribution is -0.133. The molecule has 6 heteroatoms. The molecule has 112 valence electrons. The number of halogens is 3. The van der Waals surface area contributed by atoms with E-state index >= 15 is 0 Å². The quantitative estimate of drug-likeness (QED) is 0.841. The van der Waals surface area contributed by atoms with Gasteiger partial charge >= 0.3 is 0 Å². The fourth-order valence-electron chi connectivity index (χ4n) is 2.82. The van der Waals surface area contributed by atoms with Crippen molar-refractivity contribution in [2.45, 2.75) is 31.1 Å². The number of hydrogen-bond donors (Lipinski definition) is 1. The molecule has 1 aromatic carbocycles. The molecule has 21 heavy (non-hydrogen) atoms. The van der Waals surface area contributed by atoms with Crippen molar-refractivity contribution in [1.29, 1.82) is 5.26 Å². The number of nitrogens with one attached hydrogen (secondary N) is 1. The summed E-state index contributed by atoms with van der Waals surface area (Å²) in [7, 11) is 0. The molecule has 1 saturated carbocycles. The standard InChI is InChI=1S/C15H15BrF2N2O/c16-13-4-2-1-3-11(13)10-5-6-15(17,18)9-12(10)14(21)20-8-7-19/h1-4,10,12H,5-6,8-9H2,(H,20,21). The maximum absolute atomic E-state index is 13.7. The van der Waals surface area contributed by atoms with Crippen molar-refractivity contribution in [3.8, 4) is 6.07 Å². The summed E-state index contributed by atoms with van der Waals surface area (Å²) >= 11 is 3.42. The summed E-state index contributed by atoms with van der Waals surface area (Å²) in [6.07, 6.45) is -0.447. The molecule has 0 saturated heterocycles. The average Bonchev–Trinajstić information content (AvgIpc) is 2.45. The molecule has 2 rings (SSSR count). The van der Waals surface area contributed by atoms with E-state index in [1.807, 2.05) is 24.3 Å². The lowest BCUT2D eigenvalue weighted by Crippen LogP contribution is -2.41. The van der Waals surface area contributed by atoms with Gasteiger partial charge in [0.25, 0.3) is 0 Å². The minimum absolute atomic E-state index is 0.163. The van der Waals surface area contributed by atoms with E-state index in [0.717, 1.165) is 10.0 Å². The molecule has 1 amide bonds. The van der Waals surface area contributed by atoms with Crippen molar-refractivity contribution in [3.05, 3.63) is 34.3 Å². The molecule has 0 radical (unpaired) electrons. The van der Waals surface area contributed by atoms with Gasteiger partial charge in [-0.15, -0.1) is 0 Å². The van der Waals surface area contributed by atoms with Gasteiger partial charge in [0.2, 0.25) is 11.8 Å². The van der Waals surface area contributed by atoms with E-state index in [1.165, 1.54) is 0 Å². The van der Waals surface area contributed by atoms with Gasteiger partial charge in [-0.2, -0.15) is 5.26 Å². The summed E-state index contributed by atoms with van der Waals surface area (Å²) in [5.41, 5.74) is 0.866. The van der Waals surface area contributed by atoms with Crippen LogP contribution in [-0.4, -0.2) is 18.4 Å². The fraction of sp³-hybridized carbons (Fsp3) is 0.467. The third-order valence-electron chi connectivity index (χ3n) is 3.81. The van der Waals surface area contributed by atoms with Crippen LogP contribution in [0.25, 0.3) is 0 Å². The maximum atomic E-state index is 13.7. The van der Waals surface area contributed by atoms with E-state index in [2.05, 4.69) is 21.2 Å². The van der Waals surface area contributed by atoms with Crippen molar-refractivity contribution in [1.82, 2.24) is 5.32 Å². The van der Waals surface area contributed by atoms with Crippen LogP contribution in [0.4, 0.5) is 8.78 Å². The van der Waals surface area contributed by atoms with Gasteiger partial charge in [-0.05, 0) is 24.0 Å². The van der Waals surface area contributed by atoms with Crippen LogP contribution in [0.5, 0.6) is 0 Å². The van der Waals surface area contributed by atoms with Gasteiger partial charge < -0.3 is 5.32 Å². The maximum Gasteiger partial charge on any atom is 0.249 e. The Morgan fingerprint density at radius 1 is 1.48 bits per heavy atom. The highest BCUT2D eigenvalue weighted by atomic mass is 79.9. The van der Waals surface area contributed by atoms with E-state index in [0.29, 0.717) is 0 Å². The highest BCUT2D eigenvalue weighted by Gasteiger charge is 2.45. The number of rotatable bonds is 3. The van der Waals surface area contributed by atoms with Gasteiger partial charge in [0.15, 0.2) is 0 Å². The molecule has 0 bridgehead atoms. The first kappa shape index (κ1) is 15.9. The van der Waals surface area contributed by atoms with E-state index in [9.17, 15) is 13.6 Å². The third-order valence-corrected chi connectivity index (χ3v) is 4.53. The number of amides is 1. The van der Waals surface area contributed by atoms with Gasteiger partial charge in [-0.3, -0.25) is 4.79 Å². The smallest absolute Gasteiger partial charge is 0.249 e. The average molecular weight is 357 g/mol. The zero-order valence-corrected chi connectivity index (χ0v) is 12.9. The molecule has 1 N–H and O–H groups in total. The molecule has 3 nitrogen and oxygen atoms in total. The van der Waals surface area contributed by atoms with Crippen LogP contribution in [0.2, 0.25) is 0 Å². The Hall–Kier alpha value is -1.48. The van der Waals surface area contributed by atoms with E-state index in [4.69, 9.17) is 5.26 Å². The number of nitrogens with zero attached hydrogens (tertiary/aromatic N) is 1. The highest BCUT2D eigenvalue weighted by Crippen LogP contribution is 2.46. The zero-order chi connectivity index (χ0) is 15.5. The van der Waals surface area contributed by atoms with Crippen LogP contribution in [0.15, 0.2) is 28.7 Å². The fourth-order valence-corrected chi connectivity index (χ4v) is 3.39. The first-order valence-electron chi connectivity index (χ1n) is 6.71. The predicted octanol–water partition coefficient (Wildman–Crippen LogP) is 3.61. The SMILES string of the molecule is N#CCNC(=O)C1CC(F)(F)CCC1c1ccccc1Br. The van der Waals surface area contributed by atoms with Crippen molar-refractivity contribution < 1.29 is 13.6 Å². The molecule has 0 aromatic heterocycles. The lowest BCUT2D eigenvalue weighted by atomic mass is 9.73. The second kappa shape index (κ2) is 6.52. The minimum atomic E-state index is -2.83. The van der Waals surface area contributed by atoms with Gasteiger partial charge in [0.05, 0.1) is 12.0 Å². The molecule has 0 aliphatic heterocycles. The Labute approximate surface area is 130 Å².